The van der Waals surface area contributed by atoms with Crippen molar-refractivity contribution in [2.75, 3.05) is 12.3 Å². The number of hydrogen-bond donors (Lipinski definition) is 3. The molecule has 0 spiro atoms. The van der Waals surface area contributed by atoms with E-state index in [0.29, 0.717) is 28.2 Å². The zero-order chi connectivity index (χ0) is 14.8. The van der Waals surface area contributed by atoms with Gasteiger partial charge in [0, 0.05) is 22.3 Å². The molecule has 1 fully saturated rings. The van der Waals surface area contributed by atoms with Crippen LogP contribution < -0.4 is 11.1 Å². The number of nitrogens with one attached hydrogen (secondary N) is 1. The average molecular weight is 341 g/mol. The standard InChI is InChI=1S/C15H21BrN2O2/c1-10-4-6-15(20,7-5-10)9-18-14(19)11-2-3-13(17)12(16)8-11/h2-3,8,10,20H,4-7,9,17H2,1H3,(H,18,19). The number of rotatable bonds is 3. The van der Waals surface area contributed by atoms with E-state index in [1.54, 1.807) is 18.2 Å². The van der Waals surface area contributed by atoms with Crippen LogP contribution in [-0.2, 0) is 0 Å². The molecule has 110 valence electrons. The Morgan fingerprint density at radius 1 is 1.50 bits per heavy atom. The fourth-order valence-electron chi connectivity index (χ4n) is 2.49. The molecule has 0 radical (unpaired) electrons. The Bertz CT molecular complexity index is 497. The minimum atomic E-state index is -0.757. The Morgan fingerprint density at radius 2 is 2.15 bits per heavy atom. The number of amides is 1. The quantitative estimate of drug-likeness (QED) is 0.740. The summed E-state index contributed by atoms with van der Waals surface area (Å²) in [7, 11) is 0. The third kappa shape index (κ3) is 3.73. The highest BCUT2D eigenvalue weighted by molar-refractivity contribution is 9.10. The molecule has 0 saturated heterocycles. The van der Waals surface area contributed by atoms with E-state index in [4.69, 9.17) is 5.73 Å². The van der Waals surface area contributed by atoms with E-state index in [-0.39, 0.29) is 5.91 Å². The second-order valence-corrected chi connectivity index (χ2v) is 6.68. The highest BCUT2D eigenvalue weighted by Gasteiger charge is 2.32. The summed E-state index contributed by atoms with van der Waals surface area (Å²) in [5.74, 6) is 0.483. The van der Waals surface area contributed by atoms with E-state index in [1.807, 2.05) is 0 Å². The van der Waals surface area contributed by atoms with Gasteiger partial charge in [0.2, 0.25) is 0 Å². The Kier molecular flexibility index (Phi) is 4.70. The van der Waals surface area contributed by atoms with Crippen LogP contribution in [0.15, 0.2) is 22.7 Å². The molecule has 1 aromatic carbocycles. The lowest BCUT2D eigenvalue weighted by atomic mass is 9.79. The number of carbonyl (C=O) groups excluding carboxylic acids is 1. The smallest absolute Gasteiger partial charge is 0.251 e. The van der Waals surface area contributed by atoms with Crippen molar-refractivity contribution in [3.63, 3.8) is 0 Å². The molecule has 0 bridgehead atoms. The lowest BCUT2D eigenvalue weighted by Gasteiger charge is -2.34. The Labute approximate surface area is 127 Å². The van der Waals surface area contributed by atoms with Gasteiger partial charge in [-0.25, -0.2) is 0 Å². The minimum Gasteiger partial charge on any atom is -0.398 e. The maximum atomic E-state index is 12.1. The molecule has 0 heterocycles. The van der Waals surface area contributed by atoms with Gasteiger partial charge in [-0.2, -0.15) is 0 Å². The molecule has 0 aliphatic heterocycles. The van der Waals surface area contributed by atoms with Crippen molar-refractivity contribution in [1.82, 2.24) is 5.32 Å². The second kappa shape index (κ2) is 6.14. The van der Waals surface area contributed by atoms with E-state index in [1.165, 1.54) is 0 Å². The molecule has 1 amide bonds. The highest BCUT2D eigenvalue weighted by atomic mass is 79.9. The summed E-state index contributed by atoms with van der Waals surface area (Å²) >= 11 is 3.30. The topological polar surface area (TPSA) is 75.3 Å². The van der Waals surface area contributed by atoms with Gasteiger partial charge in [0.15, 0.2) is 0 Å². The molecule has 5 heteroatoms. The molecule has 0 aromatic heterocycles. The lowest BCUT2D eigenvalue weighted by Crippen LogP contribution is -2.45. The SMILES string of the molecule is CC1CCC(O)(CNC(=O)c2ccc(N)c(Br)c2)CC1. The van der Waals surface area contributed by atoms with Crippen molar-refractivity contribution in [3.05, 3.63) is 28.2 Å². The van der Waals surface area contributed by atoms with Gasteiger partial charge >= 0.3 is 0 Å². The van der Waals surface area contributed by atoms with E-state index in [2.05, 4.69) is 28.2 Å². The fraction of sp³-hybridized carbons (Fsp3) is 0.533. The molecule has 4 nitrogen and oxygen atoms in total. The van der Waals surface area contributed by atoms with E-state index in [0.717, 1.165) is 25.7 Å². The molecular formula is C15H21BrN2O2. The first-order valence-corrected chi connectivity index (χ1v) is 7.74. The molecule has 1 saturated carbocycles. The third-order valence-corrected chi connectivity index (χ3v) is 4.73. The van der Waals surface area contributed by atoms with Gasteiger partial charge in [-0.15, -0.1) is 0 Å². The molecule has 4 N–H and O–H groups in total. The lowest BCUT2D eigenvalue weighted by molar-refractivity contribution is -0.00539. The van der Waals surface area contributed by atoms with Crippen LogP contribution in [0.4, 0.5) is 5.69 Å². The molecule has 0 unspecified atom stereocenters. The number of anilines is 1. The van der Waals surface area contributed by atoms with E-state index in [9.17, 15) is 9.90 Å². The predicted octanol–water partition coefficient (Wildman–Crippen LogP) is 2.70. The number of carbonyl (C=O) groups is 1. The summed E-state index contributed by atoms with van der Waals surface area (Å²) in [5, 5.41) is 13.3. The Hall–Kier alpha value is -1.07. The van der Waals surface area contributed by atoms with E-state index < -0.39 is 5.60 Å². The fourth-order valence-corrected chi connectivity index (χ4v) is 2.87. The molecule has 2 rings (SSSR count). The minimum absolute atomic E-state index is 0.183. The zero-order valence-electron chi connectivity index (χ0n) is 11.7. The molecule has 1 aliphatic rings. The van der Waals surface area contributed by atoms with Gasteiger partial charge in [0.25, 0.3) is 5.91 Å². The number of nitrogens with two attached hydrogens (primary N) is 1. The van der Waals surface area contributed by atoms with Gasteiger partial charge in [-0.3, -0.25) is 4.79 Å². The maximum Gasteiger partial charge on any atom is 0.251 e. The molecule has 1 aromatic rings. The largest absolute Gasteiger partial charge is 0.398 e. The van der Waals surface area contributed by atoms with Crippen LogP contribution >= 0.6 is 15.9 Å². The monoisotopic (exact) mass is 340 g/mol. The average Bonchev–Trinajstić information content (AvgIpc) is 2.43. The third-order valence-electron chi connectivity index (χ3n) is 4.05. The first kappa shape index (κ1) is 15.3. The first-order valence-electron chi connectivity index (χ1n) is 6.95. The predicted molar refractivity (Wildman–Crippen MR) is 83.5 cm³/mol. The van der Waals surface area contributed by atoms with Crippen molar-refractivity contribution in [1.29, 1.82) is 0 Å². The van der Waals surface area contributed by atoms with Crippen LogP contribution in [0.3, 0.4) is 0 Å². The summed E-state index contributed by atoms with van der Waals surface area (Å²) < 4.78 is 0.704. The summed E-state index contributed by atoms with van der Waals surface area (Å²) in [5.41, 5.74) is 6.08. The van der Waals surface area contributed by atoms with Crippen LogP contribution in [-0.4, -0.2) is 23.2 Å². The highest BCUT2D eigenvalue weighted by Crippen LogP contribution is 2.31. The zero-order valence-corrected chi connectivity index (χ0v) is 13.2. The van der Waals surface area contributed by atoms with Gasteiger partial charge in [-0.1, -0.05) is 6.92 Å². The number of aliphatic hydroxyl groups is 1. The van der Waals surface area contributed by atoms with Crippen LogP contribution in [0.2, 0.25) is 0 Å². The van der Waals surface area contributed by atoms with Crippen molar-refractivity contribution in [3.8, 4) is 0 Å². The number of nitrogen functional groups attached to an aromatic ring is 1. The molecule has 1 aliphatic carbocycles. The van der Waals surface area contributed by atoms with Gasteiger partial charge in [0.05, 0.1) is 5.60 Å². The summed E-state index contributed by atoms with van der Waals surface area (Å²) in [6.07, 6.45) is 3.53. The van der Waals surface area contributed by atoms with Crippen LogP contribution in [0.1, 0.15) is 43.0 Å². The Balaban J connectivity index is 1.93. The van der Waals surface area contributed by atoms with Crippen molar-refractivity contribution in [2.24, 2.45) is 5.92 Å². The summed E-state index contributed by atoms with van der Waals surface area (Å²) in [6.45, 7) is 2.50. The number of benzene rings is 1. The number of hydrogen-bond acceptors (Lipinski definition) is 3. The first-order chi connectivity index (χ1) is 9.39. The van der Waals surface area contributed by atoms with Crippen molar-refractivity contribution in [2.45, 2.75) is 38.2 Å². The molecule has 20 heavy (non-hydrogen) atoms. The molecule has 0 atom stereocenters. The summed E-state index contributed by atoms with van der Waals surface area (Å²) in [6, 6.07) is 5.07. The van der Waals surface area contributed by atoms with Crippen LogP contribution in [0.25, 0.3) is 0 Å². The maximum absolute atomic E-state index is 12.1. The van der Waals surface area contributed by atoms with Crippen molar-refractivity contribution < 1.29 is 9.90 Å². The normalized spacial score (nSPS) is 26.2. The van der Waals surface area contributed by atoms with Gasteiger partial charge in [-0.05, 0) is 65.7 Å². The number of halogens is 1. The van der Waals surface area contributed by atoms with Gasteiger partial charge in [0.1, 0.15) is 0 Å². The van der Waals surface area contributed by atoms with Crippen LogP contribution in [0.5, 0.6) is 0 Å². The second-order valence-electron chi connectivity index (χ2n) is 5.83. The van der Waals surface area contributed by atoms with Gasteiger partial charge < -0.3 is 16.2 Å². The summed E-state index contributed by atoms with van der Waals surface area (Å²) in [4.78, 5) is 12.1. The van der Waals surface area contributed by atoms with Crippen molar-refractivity contribution >= 4 is 27.5 Å². The van der Waals surface area contributed by atoms with E-state index >= 15 is 0 Å². The molecular weight excluding hydrogens is 320 g/mol. The van der Waals surface area contributed by atoms with Crippen LogP contribution in [0, 0.1) is 5.92 Å². The Morgan fingerprint density at radius 3 is 2.75 bits per heavy atom.